The van der Waals surface area contributed by atoms with Crippen LogP contribution < -0.4 is 10.6 Å². The number of aliphatic hydroxyl groups is 1. The van der Waals surface area contributed by atoms with Crippen LogP contribution in [0.15, 0.2) is 22.7 Å². The van der Waals surface area contributed by atoms with Crippen LogP contribution in [0.4, 0.5) is 30.7 Å². The van der Waals surface area contributed by atoms with E-state index in [1.165, 1.54) is 0 Å². The van der Waals surface area contributed by atoms with Crippen LogP contribution in [0.3, 0.4) is 0 Å². The molecule has 0 bridgehead atoms. The Morgan fingerprint density at radius 2 is 1.94 bits per heavy atom. The number of rotatable bonds is 6. The highest BCUT2D eigenvalue weighted by atomic mass is 19.4. The van der Waals surface area contributed by atoms with Gasteiger partial charge in [0, 0.05) is 23.7 Å². The summed E-state index contributed by atoms with van der Waals surface area (Å²) in [5, 5.41) is 18.2. The van der Waals surface area contributed by atoms with Gasteiger partial charge >= 0.3 is 12.4 Å². The lowest BCUT2D eigenvalue weighted by molar-refractivity contribution is -0.151. The molecule has 34 heavy (non-hydrogen) atoms. The number of carbonyl (C=O) groups excluding carboxylic acids is 1. The largest absolute Gasteiger partial charge is 0.419 e. The van der Waals surface area contributed by atoms with E-state index < -0.39 is 60.1 Å². The van der Waals surface area contributed by atoms with Gasteiger partial charge in [-0.2, -0.15) is 26.3 Å². The Kier molecular flexibility index (Phi) is 7.56. The molecule has 188 valence electrons. The molecule has 1 amide bonds. The van der Waals surface area contributed by atoms with Crippen LogP contribution in [-0.2, 0) is 12.7 Å². The van der Waals surface area contributed by atoms with E-state index in [9.17, 15) is 40.6 Å². The topological polar surface area (TPSA) is 87.4 Å². The van der Waals surface area contributed by atoms with Crippen molar-refractivity contribution in [3.05, 3.63) is 40.8 Å². The number of halogens is 7. The molecule has 1 aromatic carbocycles. The molecule has 13 heteroatoms. The summed E-state index contributed by atoms with van der Waals surface area (Å²) in [7, 11) is 0. The lowest BCUT2D eigenvalue weighted by atomic mass is 9.93. The predicted octanol–water partition coefficient (Wildman–Crippen LogP) is 4.57. The molecule has 3 N–H and O–H groups in total. The summed E-state index contributed by atoms with van der Waals surface area (Å²) >= 11 is 0. The van der Waals surface area contributed by atoms with E-state index in [0.717, 1.165) is 13.0 Å². The molecule has 1 aromatic heterocycles. The molecule has 3 rings (SSSR count). The van der Waals surface area contributed by atoms with Gasteiger partial charge in [0.05, 0.1) is 11.7 Å². The molecule has 3 atom stereocenters. The highest BCUT2D eigenvalue weighted by molar-refractivity contribution is 5.95. The Balaban J connectivity index is 1.94. The van der Waals surface area contributed by atoms with Gasteiger partial charge in [-0.15, -0.1) is 0 Å². The molecular formula is C21H22F7N3O3. The molecule has 6 nitrogen and oxygen atoms in total. The van der Waals surface area contributed by atoms with Gasteiger partial charge in [0.15, 0.2) is 11.5 Å². The van der Waals surface area contributed by atoms with Crippen molar-refractivity contribution in [2.75, 3.05) is 0 Å². The average Bonchev–Trinajstić information content (AvgIpc) is 3.14. The Morgan fingerprint density at radius 1 is 1.24 bits per heavy atom. The van der Waals surface area contributed by atoms with Gasteiger partial charge in [0.1, 0.15) is 11.9 Å². The number of aromatic nitrogens is 1. The molecule has 0 radical (unpaired) electrons. The number of nitrogens with one attached hydrogen (secondary N) is 2. The zero-order valence-electron chi connectivity index (χ0n) is 17.9. The van der Waals surface area contributed by atoms with Gasteiger partial charge in [0.25, 0.3) is 5.91 Å². The summed E-state index contributed by atoms with van der Waals surface area (Å²) in [6.07, 6.45) is -8.11. The Labute approximate surface area is 189 Å². The number of aliphatic hydroxyl groups excluding tert-OH is 1. The first kappa shape index (κ1) is 25.9. The summed E-state index contributed by atoms with van der Waals surface area (Å²) in [6.45, 7) is 0.256. The molecule has 2 aromatic rings. The summed E-state index contributed by atoms with van der Waals surface area (Å²) in [5.41, 5.74) is -2.34. The minimum atomic E-state index is -4.95. The quantitative estimate of drug-likeness (QED) is 0.509. The Hall–Kier alpha value is -2.67. The normalized spacial score (nSPS) is 20.3. The maximum atomic E-state index is 14.1. The molecule has 1 aliphatic rings. The zero-order chi connectivity index (χ0) is 25.3. The smallest absolute Gasteiger partial charge is 0.393 e. The number of carbonyl (C=O) groups is 1. The minimum absolute atomic E-state index is 0.177. The van der Waals surface area contributed by atoms with Crippen molar-refractivity contribution in [3.63, 3.8) is 0 Å². The Morgan fingerprint density at radius 3 is 2.53 bits per heavy atom. The zero-order valence-corrected chi connectivity index (χ0v) is 17.9. The minimum Gasteiger partial charge on any atom is -0.393 e. The maximum absolute atomic E-state index is 14.1. The van der Waals surface area contributed by atoms with Crippen LogP contribution in [0, 0.1) is 5.82 Å². The molecule has 1 fully saturated rings. The van der Waals surface area contributed by atoms with E-state index >= 15 is 0 Å². The Bertz CT molecular complexity index is 1020. The van der Waals surface area contributed by atoms with Crippen molar-refractivity contribution in [2.45, 2.75) is 69.7 Å². The third-order valence-electron chi connectivity index (χ3n) is 5.60. The second-order valence-electron chi connectivity index (χ2n) is 8.17. The van der Waals surface area contributed by atoms with Crippen molar-refractivity contribution in [1.29, 1.82) is 0 Å². The van der Waals surface area contributed by atoms with Crippen molar-refractivity contribution < 1.29 is 45.2 Å². The molecule has 1 saturated carbocycles. The van der Waals surface area contributed by atoms with Gasteiger partial charge < -0.3 is 20.3 Å². The molecule has 3 unspecified atom stereocenters. The SMILES string of the molecule is CC(NCc1c(C(=O)NC2CCCC(O)C2)noc1-c1ccc(C(F)(F)F)c(F)c1)C(F)(F)F. The average molecular weight is 497 g/mol. The van der Waals surface area contributed by atoms with E-state index in [1.54, 1.807) is 0 Å². The van der Waals surface area contributed by atoms with E-state index in [2.05, 4.69) is 15.8 Å². The van der Waals surface area contributed by atoms with Gasteiger partial charge in [-0.05, 0) is 44.7 Å². The highest BCUT2D eigenvalue weighted by Crippen LogP contribution is 2.35. The van der Waals surface area contributed by atoms with Crippen LogP contribution in [0.1, 0.15) is 54.2 Å². The number of amides is 1. The summed E-state index contributed by atoms with van der Waals surface area (Å²) in [5.74, 6) is -2.76. The number of alkyl halides is 6. The van der Waals surface area contributed by atoms with E-state index in [-0.39, 0.29) is 23.3 Å². The van der Waals surface area contributed by atoms with Crippen molar-refractivity contribution in [2.24, 2.45) is 0 Å². The van der Waals surface area contributed by atoms with E-state index in [1.807, 2.05) is 0 Å². The summed E-state index contributed by atoms with van der Waals surface area (Å²) in [4.78, 5) is 12.8. The van der Waals surface area contributed by atoms with Crippen molar-refractivity contribution in [1.82, 2.24) is 15.8 Å². The first-order valence-corrected chi connectivity index (χ1v) is 10.4. The van der Waals surface area contributed by atoms with E-state index in [4.69, 9.17) is 4.52 Å². The van der Waals surface area contributed by atoms with Gasteiger partial charge in [-0.25, -0.2) is 4.39 Å². The van der Waals surface area contributed by atoms with Crippen LogP contribution in [0.5, 0.6) is 0 Å². The van der Waals surface area contributed by atoms with Gasteiger partial charge in [-0.3, -0.25) is 4.79 Å². The van der Waals surface area contributed by atoms with Crippen LogP contribution in [0.25, 0.3) is 11.3 Å². The fourth-order valence-corrected chi connectivity index (χ4v) is 3.68. The molecular weight excluding hydrogens is 475 g/mol. The van der Waals surface area contributed by atoms with Crippen molar-refractivity contribution >= 4 is 5.91 Å². The number of benzene rings is 1. The van der Waals surface area contributed by atoms with Crippen molar-refractivity contribution in [3.8, 4) is 11.3 Å². The highest BCUT2D eigenvalue weighted by Gasteiger charge is 2.37. The monoisotopic (exact) mass is 497 g/mol. The molecule has 0 spiro atoms. The summed E-state index contributed by atoms with van der Waals surface area (Å²) in [6, 6.07) is -0.549. The number of hydrogen-bond donors (Lipinski definition) is 3. The lowest BCUT2D eigenvalue weighted by Gasteiger charge is -2.26. The lowest BCUT2D eigenvalue weighted by Crippen LogP contribution is -2.41. The standard InChI is InChI=1S/C21H22F7N3O3/c1-10(20(23,24)25)29-9-14-17(19(33)30-12-3-2-4-13(32)8-12)31-34-18(14)11-5-6-15(16(22)7-11)21(26,27)28/h5-7,10,12-13,29,32H,2-4,8-9H2,1H3,(H,30,33). The second-order valence-corrected chi connectivity index (χ2v) is 8.17. The second kappa shape index (κ2) is 9.90. The first-order valence-electron chi connectivity index (χ1n) is 10.4. The molecule has 1 aliphatic carbocycles. The number of hydrogen-bond acceptors (Lipinski definition) is 5. The van der Waals surface area contributed by atoms with Crippen LogP contribution in [0.2, 0.25) is 0 Å². The third-order valence-corrected chi connectivity index (χ3v) is 5.60. The molecule has 1 heterocycles. The third kappa shape index (κ3) is 6.06. The molecule has 0 aliphatic heterocycles. The fourth-order valence-electron chi connectivity index (χ4n) is 3.68. The first-order chi connectivity index (χ1) is 15.8. The fraction of sp³-hybridized carbons (Fsp3) is 0.524. The molecule has 0 saturated heterocycles. The number of nitrogens with zero attached hydrogens (tertiary/aromatic N) is 1. The maximum Gasteiger partial charge on any atom is 0.419 e. The summed E-state index contributed by atoms with van der Waals surface area (Å²) < 4.78 is 96.7. The van der Waals surface area contributed by atoms with Gasteiger partial charge in [-0.1, -0.05) is 11.2 Å². The van der Waals surface area contributed by atoms with Crippen LogP contribution >= 0.6 is 0 Å². The van der Waals surface area contributed by atoms with E-state index in [0.29, 0.717) is 31.4 Å². The predicted molar refractivity (Wildman–Crippen MR) is 105 cm³/mol. The van der Waals surface area contributed by atoms with Crippen LogP contribution in [-0.4, -0.2) is 40.5 Å². The van der Waals surface area contributed by atoms with Gasteiger partial charge in [0.2, 0.25) is 0 Å².